The second kappa shape index (κ2) is 8.08. The topological polar surface area (TPSA) is 51.6 Å². The number of hydrogen-bond acceptors (Lipinski definition) is 5. The third-order valence-corrected chi connectivity index (χ3v) is 7.26. The van der Waals surface area contributed by atoms with Crippen molar-refractivity contribution >= 4 is 43.2 Å². The zero-order valence-corrected chi connectivity index (χ0v) is 19.4. The van der Waals surface area contributed by atoms with Gasteiger partial charge >= 0.3 is 0 Å². The van der Waals surface area contributed by atoms with Gasteiger partial charge in [-0.25, -0.2) is 15.0 Å². The lowest BCUT2D eigenvalue weighted by molar-refractivity contribution is 1.18. The van der Waals surface area contributed by atoms with Crippen molar-refractivity contribution in [3.05, 3.63) is 109 Å². The van der Waals surface area contributed by atoms with Crippen LogP contribution < -0.4 is 0 Å². The Bertz CT molecular complexity index is 1810. The Hall–Kier alpha value is -4.48. The van der Waals surface area contributed by atoms with Crippen LogP contribution in [0, 0.1) is 0 Å². The Morgan fingerprint density at radius 2 is 1.40 bits per heavy atom. The molecule has 0 saturated carbocycles. The zero-order chi connectivity index (χ0) is 23.2. The highest BCUT2D eigenvalue weighted by Gasteiger charge is 2.15. The summed E-state index contributed by atoms with van der Waals surface area (Å²) in [5, 5.41) is 4.25. The first-order valence-electron chi connectivity index (χ1n) is 11.4. The van der Waals surface area contributed by atoms with Crippen LogP contribution in [0.15, 0.2) is 109 Å². The van der Waals surface area contributed by atoms with Gasteiger partial charge in [-0.05, 0) is 35.7 Å². The number of pyridine rings is 1. The van der Waals surface area contributed by atoms with Crippen LogP contribution in [-0.2, 0) is 0 Å². The summed E-state index contributed by atoms with van der Waals surface area (Å²) >= 11 is 1.67. The van der Waals surface area contributed by atoms with E-state index in [9.17, 15) is 0 Å². The average Bonchev–Trinajstić information content (AvgIpc) is 3.37. The summed E-state index contributed by atoms with van der Waals surface area (Å²) in [7, 11) is 0. The van der Waals surface area contributed by atoms with Crippen LogP contribution in [0.2, 0.25) is 0 Å². The molecular weight excluding hydrogens is 448 g/mol. The van der Waals surface area contributed by atoms with E-state index in [1.807, 2.05) is 48.7 Å². The van der Waals surface area contributed by atoms with Crippen LogP contribution in [0.4, 0.5) is 0 Å². The molecule has 0 unspecified atom stereocenters. The van der Waals surface area contributed by atoms with Crippen molar-refractivity contribution in [1.82, 2.24) is 19.9 Å². The third-order valence-electron chi connectivity index (χ3n) is 6.17. The normalized spacial score (nSPS) is 11.4. The van der Waals surface area contributed by atoms with Gasteiger partial charge < -0.3 is 0 Å². The third kappa shape index (κ3) is 3.45. The van der Waals surface area contributed by atoms with Crippen LogP contribution in [0.3, 0.4) is 0 Å². The van der Waals surface area contributed by atoms with Gasteiger partial charge in [-0.2, -0.15) is 0 Å². The smallest absolute Gasteiger partial charge is 0.179 e. The molecule has 0 aliphatic rings. The minimum atomic E-state index is 0.614. The Labute approximate surface area is 205 Å². The molecular formula is C30H18N4S. The van der Waals surface area contributed by atoms with Gasteiger partial charge in [0, 0.05) is 28.1 Å². The fourth-order valence-electron chi connectivity index (χ4n) is 4.44. The Kier molecular flexibility index (Phi) is 4.60. The molecule has 0 aliphatic heterocycles. The number of thiazole rings is 1. The summed E-state index contributed by atoms with van der Waals surface area (Å²) in [6.07, 6.45) is 1.87. The van der Waals surface area contributed by atoms with Gasteiger partial charge in [-0.3, -0.25) is 4.98 Å². The van der Waals surface area contributed by atoms with E-state index in [1.54, 1.807) is 11.3 Å². The van der Waals surface area contributed by atoms with Crippen molar-refractivity contribution in [2.24, 2.45) is 0 Å². The number of para-hydroxylation sites is 1. The zero-order valence-electron chi connectivity index (χ0n) is 18.6. The number of aromatic nitrogens is 4. The quantitative estimate of drug-likeness (QED) is 0.249. The predicted molar refractivity (Wildman–Crippen MR) is 144 cm³/mol. The van der Waals surface area contributed by atoms with Crippen molar-refractivity contribution in [3.63, 3.8) is 0 Å². The molecule has 0 N–H and O–H groups in total. The van der Waals surface area contributed by atoms with Crippen molar-refractivity contribution in [2.75, 3.05) is 0 Å². The molecule has 0 saturated heterocycles. The molecule has 3 aromatic heterocycles. The maximum Gasteiger partial charge on any atom is 0.179 e. The van der Waals surface area contributed by atoms with E-state index in [0.717, 1.165) is 54.7 Å². The summed E-state index contributed by atoms with van der Waals surface area (Å²) in [5.41, 5.74) is 5.64. The summed E-state index contributed by atoms with van der Waals surface area (Å²) < 4.78 is 1.17. The van der Waals surface area contributed by atoms with Crippen LogP contribution in [-0.4, -0.2) is 19.9 Å². The van der Waals surface area contributed by atoms with Gasteiger partial charge in [0.15, 0.2) is 5.82 Å². The fraction of sp³-hybridized carbons (Fsp3) is 0. The first-order valence-corrected chi connectivity index (χ1v) is 12.2. The molecule has 4 nitrogen and oxygen atoms in total. The van der Waals surface area contributed by atoms with Crippen LogP contribution in [0.5, 0.6) is 0 Å². The van der Waals surface area contributed by atoms with Gasteiger partial charge in [-0.1, -0.05) is 72.8 Å². The largest absolute Gasteiger partial charge is 0.252 e. The summed E-state index contributed by atoms with van der Waals surface area (Å²) in [6, 6.07) is 35.1. The molecule has 4 aromatic carbocycles. The predicted octanol–water partition coefficient (Wildman–Crippen LogP) is 7.79. The maximum atomic E-state index is 5.01. The van der Waals surface area contributed by atoms with Crippen molar-refractivity contribution in [3.8, 4) is 33.3 Å². The molecule has 0 fully saturated rings. The fourth-order valence-corrected chi connectivity index (χ4v) is 5.40. The molecule has 0 amide bonds. The van der Waals surface area contributed by atoms with Gasteiger partial charge in [0.05, 0.1) is 21.4 Å². The number of benzene rings is 4. The monoisotopic (exact) mass is 466 g/mol. The van der Waals surface area contributed by atoms with Gasteiger partial charge in [-0.15, -0.1) is 11.3 Å². The molecule has 5 heteroatoms. The minimum Gasteiger partial charge on any atom is -0.252 e. The number of rotatable bonds is 3. The van der Waals surface area contributed by atoms with E-state index < -0.39 is 0 Å². The maximum absolute atomic E-state index is 5.01. The van der Waals surface area contributed by atoms with Crippen LogP contribution in [0.1, 0.15) is 0 Å². The first-order chi connectivity index (χ1) is 17.3. The Morgan fingerprint density at radius 3 is 2.26 bits per heavy atom. The Morgan fingerprint density at radius 1 is 0.571 bits per heavy atom. The van der Waals surface area contributed by atoms with E-state index in [0.29, 0.717) is 5.82 Å². The number of nitrogens with zero attached hydrogens (tertiary/aromatic N) is 4. The molecule has 164 valence electrons. The highest BCUT2D eigenvalue weighted by molar-refractivity contribution is 7.21. The minimum absolute atomic E-state index is 0.614. The molecule has 35 heavy (non-hydrogen) atoms. The van der Waals surface area contributed by atoms with Crippen molar-refractivity contribution in [2.45, 2.75) is 0 Å². The van der Waals surface area contributed by atoms with E-state index in [1.165, 1.54) is 4.70 Å². The number of fused-ring (bicyclic) bond motifs is 4. The highest BCUT2D eigenvalue weighted by Crippen LogP contribution is 2.34. The van der Waals surface area contributed by atoms with Gasteiger partial charge in [0.2, 0.25) is 0 Å². The second-order valence-electron chi connectivity index (χ2n) is 8.36. The molecule has 7 rings (SSSR count). The van der Waals surface area contributed by atoms with E-state index in [4.69, 9.17) is 19.9 Å². The summed E-state index contributed by atoms with van der Waals surface area (Å²) in [6.45, 7) is 0. The second-order valence-corrected chi connectivity index (χ2v) is 9.39. The lowest BCUT2D eigenvalue weighted by atomic mass is 10.0. The standard InChI is InChI=1S/C30H18N4S/c1-2-9-20(10-3-1)27-23-16-14-19-8-4-5-11-22(19)28(23)34-29(33-27)25-17-15-21(18-31-25)30-32-24-12-6-7-13-26(24)35-30/h1-18H. The van der Waals surface area contributed by atoms with E-state index in [-0.39, 0.29) is 0 Å². The van der Waals surface area contributed by atoms with Crippen LogP contribution in [0.25, 0.3) is 65.2 Å². The summed E-state index contributed by atoms with van der Waals surface area (Å²) in [4.78, 5) is 19.5. The molecule has 0 radical (unpaired) electrons. The van der Waals surface area contributed by atoms with Crippen LogP contribution >= 0.6 is 11.3 Å². The molecule has 0 aliphatic carbocycles. The van der Waals surface area contributed by atoms with Gasteiger partial charge in [0.1, 0.15) is 10.7 Å². The molecule has 3 heterocycles. The molecule has 0 bridgehead atoms. The average molecular weight is 467 g/mol. The molecule has 7 aromatic rings. The highest BCUT2D eigenvalue weighted by atomic mass is 32.1. The lowest BCUT2D eigenvalue weighted by Gasteiger charge is -2.11. The SMILES string of the molecule is c1ccc(-c2nc(-c3ccc(-c4nc5ccccc5s4)cn3)nc3c2ccc2ccccc23)cc1. The molecule has 0 spiro atoms. The Balaban J connectivity index is 1.40. The van der Waals surface area contributed by atoms with Crippen molar-refractivity contribution < 1.29 is 0 Å². The van der Waals surface area contributed by atoms with Gasteiger partial charge in [0.25, 0.3) is 0 Å². The first kappa shape index (κ1) is 19.9. The molecule has 0 atom stereocenters. The number of hydrogen-bond donors (Lipinski definition) is 0. The van der Waals surface area contributed by atoms with Crippen molar-refractivity contribution in [1.29, 1.82) is 0 Å². The lowest BCUT2D eigenvalue weighted by Crippen LogP contribution is -1.97. The van der Waals surface area contributed by atoms with E-state index in [2.05, 4.69) is 60.7 Å². The summed E-state index contributed by atoms with van der Waals surface area (Å²) in [5.74, 6) is 0.614. The van der Waals surface area contributed by atoms with E-state index >= 15 is 0 Å².